The second-order valence-electron chi connectivity index (χ2n) is 7.38. The molecule has 1 aliphatic heterocycles. The molecular weight excluding hydrogens is 288 g/mol. The predicted molar refractivity (Wildman–Crippen MR) is 92.7 cm³/mol. The van der Waals surface area contributed by atoms with Gasteiger partial charge in [-0.05, 0) is 63.7 Å². The first-order chi connectivity index (χ1) is 10.8. The maximum atomic E-state index is 11.1. The van der Waals surface area contributed by atoms with Crippen molar-refractivity contribution in [2.45, 2.75) is 72.5 Å². The molecule has 0 fully saturated rings. The Balaban J connectivity index is 1.83. The maximum Gasteiger partial charge on any atom is 0.333 e. The largest absolute Gasteiger partial charge is 0.429 e. The molecule has 0 bridgehead atoms. The van der Waals surface area contributed by atoms with Crippen LogP contribution in [0, 0.1) is 11.3 Å². The lowest BCUT2D eigenvalue weighted by molar-refractivity contribution is -0.151. The van der Waals surface area contributed by atoms with Crippen LogP contribution >= 0.6 is 0 Å². The molecule has 3 nitrogen and oxygen atoms in total. The number of esters is 1. The van der Waals surface area contributed by atoms with Crippen LogP contribution in [0.15, 0.2) is 34.9 Å². The number of aliphatic hydroxyl groups is 1. The van der Waals surface area contributed by atoms with E-state index in [0.717, 1.165) is 18.8 Å². The molecule has 0 amide bonds. The van der Waals surface area contributed by atoms with Crippen LogP contribution in [0.25, 0.3) is 0 Å². The number of allylic oxidation sites excluding steroid dienone is 4. The summed E-state index contributed by atoms with van der Waals surface area (Å²) in [5.41, 5.74) is 3.93. The van der Waals surface area contributed by atoms with Gasteiger partial charge in [0.1, 0.15) is 0 Å². The van der Waals surface area contributed by atoms with Gasteiger partial charge in [0.15, 0.2) is 0 Å². The van der Waals surface area contributed by atoms with Gasteiger partial charge >= 0.3 is 5.97 Å². The molecule has 3 atom stereocenters. The van der Waals surface area contributed by atoms with E-state index in [1.807, 2.05) is 0 Å². The molecule has 0 saturated carbocycles. The zero-order valence-electron chi connectivity index (χ0n) is 14.9. The second kappa shape index (κ2) is 7.48. The van der Waals surface area contributed by atoms with Gasteiger partial charge < -0.3 is 9.84 Å². The lowest BCUT2D eigenvalue weighted by atomic mass is 9.65. The van der Waals surface area contributed by atoms with Crippen molar-refractivity contribution >= 4 is 5.97 Å². The summed E-state index contributed by atoms with van der Waals surface area (Å²) in [5.74, 6) is 0.303. The third-order valence-corrected chi connectivity index (χ3v) is 5.85. The number of aliphatic hydroxyl groups excluding tert-OH is 1. The minimum Gasteiger partial charge on any atom is -0.429 e. The molecule has 0 aromatic heterocycles. The monoisotopic (exact) mass is 318 g/mol. The molecule has 0 radical (unpaired) electrons. The van der Waals surface area contributed by atoms with Crippen molar-refractivity contribution in [2.75, 3.05) is 0 Å². The van der Waals surface area contributed by atoms with Gasteiger partial charge in [-0.2, -0.15) is 0 Å². The Kier molecular flexibility index (Phi) is 5.85. The van der Waals surface area contributed by atoms with Crippen molar-refractivity contribution in [3.63, 3.8) is 0 Å². The van der Waals surface area contributed by atoms with Crippen molar-refractivity contribution < 1.29 is 14.6 Å². The number of carbonyl (C=O) groups is 1. The lowest BCUT2D eigenvalue weighted by Crippen LogP contribution is -2.29. The number of hydrogen-bond donors (Lipinski definition) is 1. The lowest BCUT2D eigenvalue weighted by Gasteiger charge is -2.40. The van der Waals surface area contributed by atoms with E-state index in [9.17, 15) is 9.90 Å². The first-order valence-electron chi connectivity index (χ1n) is 8.75. The molecule has 1 N–H and O–H groups in total. The van der Waals surface area contributed by atoms with E-state index in [2.05, 4.69) is 39.8 Å². The minimum atomic E-state index is -1.04. The molecule has 3 heteroatoms. The highest BCUT2D eigenvalue weighted by atomic mass is 16.6. The molecule has 1 aliphatic carbocycles. The number of rotatable bonds is 6. The third kappa shape index (κ3) is 4.35. The van der Waals surface area contributed by atoms with Crippen molar-refractivity contribution in [3.8, 4) is 0 Å². The van der Waals surface area contributed by atoms with Crippen LogP contribution in [0.4, 0.5) is 0 Å². The van der Waals surface area contributed by atoms with Gasteiger partial charge in [0.25, 0.3) is 0 Å². The summed E-state index contributed by atoms with van der Waals surface area (Å²) in [7, 11) is 0. The molecule has 23 heavy (non-hydrogen) atoms. The van der Waals surface area contributed by atoms with Crippen LogP contribution in [0.1, 0.15) is 66.2 Å². The molecule has 2 aliphatic rings. The Morgan fingerprint density at radius 2 is 2.26 bits per heavy atom. The molecular formula is C20H30O3. The van der Waals surface area contributed by atoms with Crippen LogP contribution in [0.5, 0.6) is 0 Å². The van der Waals surface area contributed by atoms with Gasteiger partial charge in [-0.3, -0.25) is 0 Å². The van der Waals surface area contributed by atoms with E-state index < -0.39 is 12.3 Å². The quantitative estimate of drug-likeness (QED) is 0.571. The summed E-state index contributed by atoms with van der Waals surface area (Å²) in [6.45, 7) is 9.23. The Labute approximate surface area is 140 Å². The molecule has 3 unspecified atom stereocenters. The molecule has 1 heterocycles. The summed E-state index contributed by atoms with van der Waals surface area (Å²) < 4.78 is 4.69. The Morgan fingerprint density at radius 3 is 2.87 bits per heavy atom. The van der Waals surface area contributed by atoms with E-state index in [-0.39, 0.29) is 0 Å². The van der Waals surface area contributed by atoms with E-state index >= 15 is 0 Å². The average Bonchev–Trinajstić information content (AvgIpc) is 2.81. The predicted octanol–water partition coefficient (Wildman–Crippen LogP) is 4.68. The van der Waals surface area contributed by atoms with Crippen LogP contribution in [-0.2, 0) is 9.53 Å². The summed E-state index contributed by atoms with van der Waals surface area (Å²) >= 11 is 0. The van der Waals surface area contributed by atoms with E-state index in [0.29, 0.717) is 17.4 Å². The van der Waals surface area contributed by atoms with Gasteiger partial charge in [-0.1, -0.05) is 37.1 Å². The third-order valence-electron chi connectivity index (χ3n) is 5.85. The van der Waals surface area contributed by atoms with E-state index in [1.54, 1.807) is 5.57 Å². The zero-order valence-corrected chi connectivity index (χ0v) is 14.9. The number of carbonyl (C=O) groups excluding carboxylic acids is 1. The summed E-state index contributed by atoms with van der Waals surface area (Å²) in [4.78, 5) is 11.1. The highest BCUT2D eigenvalue weighted by Crippen LogP contribution is 2.45. The molecule has 0 aromatic rings. The minimum absolute atomic E-state index is 0.317. The molecule has 128 valence electrons. The second-order valence-corrected chi connectivity index (χ2v) is 7.38. The van der Waals surface area contributed by atoms with Crippen molar-refractivity contribution in [2.24, 2.45) is 11.3 Å². The van der Waals surface area contributed by atoms with E-state index in [1.165, 1.54) is 30.9 Å². The molecule has 0 saturated heterocycles. The zero-order chi connectivity index (χ0) is 17.0. The molecule has 0 aromatic carbocycles. The maximum absolute atomic E-state index is 11.1. The summed E-state index contributed by atoms with van der Waals surface area (Å²) in [6, 6.07) is 0. The van der Waals surface area contributed by atoms with Crippen LogP contribution in [-0.4, -0.2) is 17.4 Å². The molecule has 0 spiro atoms. The fourth-order valence-electron chi connectivity index (χ4n) is 3.62. The number of ether oxygens (including phenoxy) is 1. The standard InChI is InChI=1S/C20H30O3/c1-14(7-5-10-17-13-18(21)23-19(17)22)11-12-20(4)15(2)8-6-9-16(20)3/h7-8,13,16,19,22H,5-6,9-12H2,1-4H3. The first kappa shape index (κ1) is 18.0. The fourth-order valence-corrected chi connectivity index (χ4v) is 3.62. The van der Waals surface area contributed by atoms with Crippen molar-refractivity contribution in [1.29, 1.82) is 0 Å². The number of hydrogen-bond acceptors (Lipinski definition) is 3. The normalized spacial score (nSPS) is 31.7. The van der Waals surface area contributed by atoms with Crippen molar-refractivity contribution in [3.05, 3.63) is 34.9 Å². The SMILES string of the molecule is CC(=CCCC1=CC(=O)OC1O)CCC1(C)C(C)=CCCC1C. The highest BCUT2D eigenvalue weighted by molar-refractivity contribution is 5.85. The summed E-state index contributed by atoms with van der Waals surface area (Å²) in [5, 5.41) is 9.55. The molecule has 2 rings (SSSR count). The highest BCUT2D eigenvalue weighted by Gasteiger charge is 2.34. The number of cyclic esters (lactones) is 1. The fraction of sp³-hybridized carbons (Fsp3) is 0.650. The van der Waals surface area contributed by atoms with Crippen LogP contribution < -0.4 is 0 Å². The van der Waals surface area contributed by atoms with Crippen LogP contribution in [0.3, 0.4) is 0 Å². The van der Waals surface area contributed by atoms with Gasteiger partial charge in [-0.15, -0.1) is 0 Å². The van der Waals surface area contributed by atoms with Crippen LogP contribution in [0.2, 0.25) is 0 Å². The van der Waals surface area contributed by atoms with Crippen molar-refractivity contribution in [1.82, 2.24) is 0 Å². The average molecular weight is 318 g/mol. The Bertz CT molecular complexity index is 541. The van der Waals surface area contributed by atoms with Gasteiger partial charge in [0, 0.05) is 11.6 Å². The smallest absolute Gasteiger partial charge is 0.333 e. The topological polar surface area (TPSA) is 46.5 Å². The Hall–Kier alpha value is -1.35. The van der Waals surface area contributed by atoms with Gasteiger partial charge in [0.2, 0.25) is 6.29 Å². The van der Waals surface area contributed by atoms with E-state index in [4.69, 9.17) is 4.74 Å². The Morgan fingerprint density at radius 1 is 1.52 bits per heavy atom. The first-order valence-corrected chi connectivity index (χ1v) is 8.75. The van der Waals surface area contributed by atoms with Gasteiger partial charge in [0.05, 0.1) is 0 Å². The van der Waals surface area contributed by atoms with Gasteiger partial charge in [-0.25, -0.2) is 4.79 Å². The summed E-state index contributed by atoms with van der Waals surface area (Å²) in [6.07, 6.45) is 11.3.